The van der Waals surface area contributed by atoms with Crippen molar-refractivity contribution >= 4 is 10.0 Å². The average molecular weight is 420 g/mol. The van der Waals surface area contributed by atoms with Gasteiger partial charge in [0.2, 0.25) is 15.9 Å². The highest BCUT2D eigenvalue weighted by atomic mass is 32.2. The van der Waals surface area contributed by atoms with Crippen LogP contribution in [-0.2, 0) is 21.2 Å². The van der Waals surface area contributed by atoms with E-state index in [-0.39, 0.29) is 0 Å². The summed E-state index contributed by atoms with van der Waals surface area (Å²) in [4.78, 5) is 4.79. The first-order valence-corrected chi connectivity index (χ1v) is 12.1. The molecule has 1 aromatic heterocycles. The van der Waals surface area contributed by atoms with Crippen molar-refractivity contribution in [2.24, 2.45) is 5.92 Å². The van der Waals surface area contributed by atoms with E-state index < -0.39 is 16.1 Å². The van der Waals surface area contributed by atoms with Gasteiger partial charge in [0.05, 0.1) is 11.5 Å². The van der Waals surface area contributed by atoms with E-state index in [4.69, 9.17) is 9.26 Å². The Hall–Kier alpha value is -1.77. The monoisotopic (exact) mass is 419 g/mol. The van der Waals surface area contributed by atoms with E-state index in [1.54, 1.807) is 24.3 Å². The quantitative estimate of drug-likeness (QED) is 0.606. The number of ether oxygens (including phenoxy) is 1. The van der Waals surface area contributed by atoms with Crippen LogP contribution < -0.4 is 0 Å². The molecule has 2 aliphatic rings. The second kappa shape index (κ2) is 9.36. The maximum Gasteiger partial charge on any atom is 0.245 e. The molecule has 0 bridgehead atoms. The second-order valence-corrected chi connectivity index (χ2v) is 9.86. The number of hydrogen-bond acceptors (Lipinski definition) is 6. The van der Waals surface area contributed by atoms with Crippen molar-refractivity contribution in [1.29, 1.82) is 0 Å². The molecule has 1 aromatic carbocycles. The van der Waals surface area contributed by atoms with E-state index in [1.165, 1.54) is 30.0 Å². The van der Waals surface area contributed by atoms with Crippen molar-refractivity contribution in [3.05, 3.63) is 42.0 Å². The van der Waals surface area contributed by atoms with Gasteiger partial charge in [0, 0.05) is 19.6 Å². The molecular formula is C21H29N3O4S. The Morgan fingerprint density at radius 3 is 2.62 bits per heavy atom. The minimum absolute atomic E-state index is 0.298. The summed E-state index contributed by atoms with van der Waals surface area (Å²) in [7, 11) is -3.60. The molecule has 1 saturated heterocycles. The van der Waals surface area contributed by atoms with Crippen LogP contribution in [0.1, 0.15) is 62.7 Å². The Kier molecular flexibility index (Phi) is 6.62. The normalized spacial score (nSPS) is 21.6. The van der Waals surface area contributed by atoms with Gasteiger partial charge in [-0.3, -0.25) is 0 Å². The van der Waals surface area contributed by atoms with Crippen molar-refractivity contribution in [2.45, 2.75) is 62.3 Å². The molecule has 8 heteroatoms. The fourth-order valence-electron chi connectivity index (χ4n) is 4.26. The van der Waals surface area contributed by atoms with Crippen LogP contribution in [0.2, 0.25) is 0 Å². The first-order valence-electron chi connectivity index (χ1n) is 10.6. The van der Waals surface area contributed by atoms with Gasteiger partial charge in [0.15, 0.2) is 5.82 Å². The lowest BCUT2D eigenvalue weighted by molar-refractivity contribution is 0.102. The number of hydrogen-bond donors (Lipinski definition) is 0. The van der Waals surface area contributed by atoms with Gasteiger partial charge in [-0.25, -0.2) is 8.42 Å². The fourth-order valence-corrected chi connectivity index (χ4v) is 5.93. The largest absolute Gasteiger partial charge is 0.381 e. The maximum atomic E-state index is 13.1. The highest BCUT2D eigenvalue weighted by Crippen LogP contribution is 2.34. The molecule has 0 radical (unpaired) electrons. The van der Waals surface area contributed by atoms with Crippen LogP contribution in [-0.4, -0.2) is 42.6 Å². The zero-order chi connectivity index (χ0) is 20.1. The molecule has 29 heavy (non-hydrogen) atoms. The molecule has 1 unspecified atom stereocenters. The molecule has 158 valence electrons. The molecule has 1 aliphatic heterocycles. The maximum absolute atomic E-state index is 13.1. The molecule has 7 nitrogen and oxygen atoms in total. The van der Waals surface area contributed by atoms with Crippen LogP contribution in [0.25, 0.3) is 0 Å². The standard InChI is InChI=1S/C21H29N3O4S/c25-29(26,18-10-2-1-3-11-18)24-14-7-6-12-19(24)21-22-20(23-28-21)13-15-27-16-17-8-4-5-9-17/h1-3,10-11,17,19H,4-9,12-16H2. The van der Waals surface area contributed by atoms with Gasteiger partial charge in [0.1, 0.15) is 6.04 Å². The lowest BCUT2D eigenvalue weighted by atomic mass is 10.1. The molecule has 1 atom stereocenters. The van der Waals surface area contributed by atoms with Crippen LogP contribution in [0.4, 0.5) is 0 Å². The fraction of sp³-hybridized carbons (Fsp3) is 0.619. The minimum Gasteiger partial charge on any atom is -0.381 e. The zero-order valence-corrected chi connectivity index (χ0v) is 17.5. The van der Waals surface area contributed by atoms with Crippen LogP contribution in [0.3, 0.4) is 0 Å². The van der Waals surface area contributed by atoms with Crippen LogP contribution in [0.5, 0.6) is 0 Å². The van der Waals surface area contributed by atoms with Crippen molar-refractivity contribution in [2.75, 3.05) is 19.8 Å². The third-order valence-electron chi connectivity index (χ3n) is 5.87. The van der Waals surface area contributed by atoms with Crippen molar-refractivity contribution in [1.82, 2.24) is 14.4 Å². The number of sulfonamides is 1. The Bertz CT molecular complexity index is 878. The van der Waals surface area contributed by atoms with Gasteiger partial charge < -0.3 is 9.26 Å². The topological polar surface area (TPSA) is 85.5 Å². The van der Waals surface area contributed by atoms with Gasteiger partial charge in [-0.2, -0.15) is 9.29 Å². The molecule has 2 heterocycles. The average Bonchev–Trinajstić information content (AvgIpc) is 3.44. The molecule has 2 aromatic rings. The summed E-state index contributed by atoms with van der Waals surface area (Å²) >= 11 is 0. The molecule has 0 spiro atoms. The summed E-state index contributed by atoms with van der Waals surface area (Å²) in [6.07, 6.45) is 8.18. The third-order valence-corrected chi connectivity index (χ3v) is 7.79. The number of piperidine rings is 1. The van der Waals surface area contributed by atoms with Crippen molar-refractivity contribution in [3.8, 4) is 0 Å². The predicted octanol–water partition coefficient (Wildman–Crippen LogP) is 3.73. The van der Waals surface area contributed by atoms with E-state index in [2.05, 4.69) is 10.1 Å². The Balaban J connectivity index is 1.40. The lowest BCUT2D eigenvalue weighted by Crippen LogP contribution is -2.38. The number of rotatable bonds is 8. The SMILES string of the molecule is O=S(=O)(c1ccccc1)N1CCCCC1c1nc(CCOCC2CCCC2)no1. The van der Waals surface area contributed by atoms with Crippen LogP contribution >= 0.6 is 0 Å². The first kappa shape index (κ1) is 20.5. The molecule has 4 rings (SSSR count). The molecule has 0 amide bonds. The van der Waals surface area contributed by atoms with E-state index in [0.29, 0.717) is 48.5 Å². The smallest absolute Gasteiger partial charge is 0.245 e. The third kappa shape index (κ3) is 4.87. The van der Waals surface area contributed by atoms with E-state index in [0.717, 1.165) is 19.4 Å². The van der Waals surface area contributed by atoms with Crippen molar-refractivity contribution in [3.63, 3.8) is 0 Å². The van der Waals surface area contributed by atoms with Gasteiger partial charge in [0.25, 0.3) is 0 Å². The summed E-state index contributed by atoms with van der Waals surface area (Å²) < 4.78 is 39.0. The molecule has 1 aliphatic carbocycles. The van der Waals surface area contributed by atoms with Crippen molar-refractivity contribution < 1.29 is 17.7 Å². The van der Waals surface area contributed by atoms with Crippen LogP contribution in [0.15, 0.2) is 39.8 Å². The summed E-state index contributed by atoms with van der Waals surface area (Å²) in [6.45, 7) is 1.83. The Labute approximate surface area is 172 Å². The molecular weight excluding hydrogens is 390 g/mol. The zero-order valence-electron chi connectivity index (χ0n) is 16.7. The number of aromatic nitrogens is 2. The number of benzene rings is 1. The summed E-state index contributed by atoms with van der Waals surface area (Å²) in [5.41, 5.74) is 0. The molecule has 0 N–H and O–H groups in total. The second-order valence-electron chi connectivity index (χ2n) is 7.96. The first-order chi connectivity index (χ1) is 14.1. The lowest BCUT2D eigenvalue weighted by Gasteiger charge is -2.32. The highest BCUT2D eigenvalue weighted by Gasteiger charge is 2.37. The van der Waals surface area contributed by atoms with E-state index in [9.17, 15) is 8.42 Å². The van der Waals surface area contributed by atoms with E-state index >= 15 is 0 Å². The minimum atomic E-state index is -3.60. The summed E-state index contributed by atoms with van der Waals surface area (Å²) in [5, 5.41) is 4.06. The molecule has 2 fully saturated rings. The van der Waals surface area contributed by atoms with E-state index in [1.807, 2.05) is 6.07 Å². The van der Waals surface area contributed by atoms with Gasteiger partial charge in [-0.1, -0.05) is 42.6 Å². The number of nitrogens with zero attached hydrogens (tertiary/aromatic N) is 3. The van der Waals surface area contributed by atoms with Gasteiger partial charge >= 0.3 is 0 Å². The summed E-state index contributed by atoms with van der Waals surface area (Å²) in [5.74, 6) is 1.65. The Morgan fingerprint density at radius 1 is 1.07 bits per heavy atom. The predicted molar refractivity (Wildman–Crippen MR) is 108 cm³/mol. The molecule has 1 saturated carbocycles. The van der Waals surface area contributed by atoms with Gasteiger partial charge in [-0.15, -0.1) is 0 Å². The summed E-state index contributed by atoms with van der Waals surface area (Å²) in [6, 6.07) is 8.13. The highest BCUT2D eigenvalue weighted by molar-refractivity contribution is 7.89. The Morgan fingerprint density at radius 2 is 1.83 bits per heavy atom. The van der Waals surface area contributed by atoms with Gasteiger partial charge in [-0.05, 0) is 43.7 Å². The van der Waals surface area contributed by atoms with Crippen LogP contribution in [0, 0.1) is 5.92 Å².